The number of nitrogens with zero attached hydrogens (tertiary/aromatic N) is 4. The van der Waals surface area contributed by atoms with E-state index in [4.69, 9.17) is 4.98 Å². The Balaban J connectivity index is 1.72. The summed E-state index contributed by atoms with van der Waals surface area (Å²) in [6.45, 7) is 2.58. The third-order valence-corrected chi connectivity index (χ3v) is 4.97. The molecule has 0 N–H and O–H groups in total. The number of para-hydroxylation sites is 2. The van der Waals surface area contributed by atoms with Crippen molar-refractivity contribution in [1.82, 2.24) is 19.4 Å². The van der Waals surface area contributed by atoms with E-state index in [1.165, 1.54) is 5.56 Å². The first kappa shape index (κ1) is 17.9. The molecule has 0 aliphatic heterocycles. The number of pyridine rings is 1. The van der Waals surface area contributed by atoms with Crippen molar-refractivity contribution in [1.29, 1.82) is 0 Å². The number of carbonyl (C=O) groups excluding carboxylic acids is 1. The van der Waals surface area contributed by atoms with Crippen molar-refractivity contribution >= 4 is 16.9 Å². The van der Waals surface area contributed by atoms with E-state index in [1.54, 1.807) is 36.5 Å². The monoisotopic (exact) mass is 370 g/mol. The summed E-state index contributed by atoms with van der Waals surface area (Å²) < 4.78 is 2.22. The van der Waals surface area contributed by atoms with Crippen LogP contribution in [0.2, 0.25) is 0 Å². The minimum Gasteiger partial charge on any atom is -0.334 e. The van der Waals surface area contributed by atoms with Crippen LogP contribution in [0.15, 0.2) is 79.1 Å². The maximum Gasteiger partial charge on any atom is 0.255 e. The average molecular weight is 370 g/mol. The van der Waals surface area contributed by atoms with Gasteiger partial charge in [-0.1, -0.05) is 42.5 Å². The summed E-state index contributed by atoms with van der Waals surface area (Å²) in [7, 11) is 1.80. The molecule has 0 spiro atoms. The molecule has 0 fully saturated rings. The van der Waals surface area contributed by atoms with E-state index in [9.17, 15) is 4.79 Å². The zero-order chi connectivity index (χ0) is 19.5. The number of fused-ring (bicyclic) bond motifs is 1. The predicted molar refractivity (Wildman–Crippen MR) is 110 cm³/mol. The van der Waals surface area contributed by atoms with E-state index in [0.717, 1.165) is 16.9 Å². The number of aromatic nitrogens is 3. The van der Waals surface area contributed by atoms with Gasteiger partial charge in [0.2, 0.25) is 0 Å². The van der Waals surface area contributed by atoms with Gasteiger partial charge in [-0.3, -0.25) is 9.78 Å². The molecule has 5 nitrogen and oxygen atoms in total. The van der Waals surface area contributed by atoms with Gasteiger partial charge in [0, 0.05) is 19.4 Å². The molecule has 140 valence electrons. The predicted octanol–water partition coefficient (Wildman–Crippen LogP) is 4.31. The summed E-state index contributed by atoms with van der Waals surface area (Å²) in [6.07, 6.45) is 3.26. The van der Waals surface area contributed by atoms with Crippen LogP contribution in [0.3, 0.4) is 0 Å². The lowest BCUT2D eigenvalue weighted by Gasteiger charge is -2.22. The molecule has 0 saturated carbocycles. The minimum atomic E-state index is -0.0703. The number of rotatable bonds is 5. The summed E-state index contributed by atoms with van der Waals surface area (Å²) in [6, 6.07) is 22.1. The van der Waals surface area contributed by atoms with Gasteiger partial charge >= 0.3 is 0 Å². The van der Waals surface area contributed by atoms with Gasteiger partial charge in [0.15, 0.2) is 0 Å². The summed E-state index contributed by atoms with van der Waals surface area (Å²) in [4.78, 5) is 23.3. The van der Waals surface area contributed by atoms with Crippen LogP contribution in [-0.2, 0) is 6.54 Å². The summed E-state index contributed by atoms with van der Waals surface area (Å²) >= 11 is 0. The van der Waals surface area contributed by atoms with E-state index in [1.807, 2.05) is 36.4 Å². The Bertz CT molecular complexity index is 1090. The SMILES string of the molecule is CC(c1ccccc1)n1c(CN(C)C(=O)c2cccnc2)nc2ccccc21. The number of hydrogen-bond acceptors (Lipinski definition) is 3. The molecular formula is C23H22N4O. The Morgan fingerprint density at radius 1 is 1.04 bits per heavy atom. The van der Waals surface area contributed by atoms with Gasteiger partial charge in [0.05, 0.1) is 29.2 Å². The van der Waals surface area contributed by atoms with Gasteiger partial charge in [-0.25, -0.2) is 4.98 Å². The number of carbonyl (C=O) groups is 1. The van der Waals surface area contributed by atoms with Gasteiger partial charge in [0.25, 0.3) is 5.91 Å². The zero-order valence-corrected chi connectivity index (χ0v) is 16.0. The van der Waals surface area contributed by atoms with E-state index in [2.05, 4.69) is 34.7 Å². The van der Waals surface area contributed by atoms with Crippen LogP contribution in [0.4, 0.5) is 0 Å². The lowest BCUT2D eigenvalue weighted by Crippen LogP contribution is -2.28. The highest BCUT2D eigenvalue weighted by molar-refractivity contribution is 5.93. The second kappa shape index (κ2) is 7.64. The molecule has 0 aliphatic carbocycles. The molecule has 28 heavy (non-hydrogen) atoms. The van der Waals surface area contributed by atoms with Crippen LogP contribution in [-0.4, -0.2) is 32.4 Å². The van der Waals surface area contributed by atoms with E-state index < -0.39 is 0 Å². The third-order valence-electron chi connectivity index (χ3n) is 4.97. The lowest BCUT2D eigenvalue weighted by atomic mass is 10.1. The molecular weight excluding hydrogens is 348 g/mol. The smallest absolute Gasteiger partial charge is 0.255 e. The van der Waals surface area contributed by atoms with E-state index in [-0.39, 0.29) is 11.9 Å². The lowest BCUT2D eigenvalue weighted by molar-refractivity contribution is 0.0779. The van der Waals surface area contributed by atoms with Gasteiger partial charge in [0.1, 0.15) is 5.82 Å². The highest BCUT2D eigenvalue weighted by atomic mass is 16.2. The Hall–Kier alpha value is -3.47. The number of benzene rings is 2. The Morgan fingerprint density at radius 3 is 2.54 bits per heavy atom. The molecule has 4 aromatic rings. The summed E-state index contributed by atoms with van der Waals surface area (Å²) in [5.74, 6) is 0.788. The molecule has 1 atom stereocenters. The topological polar surface area (TPSA) is 51.0 Å². The fraction of sp³-hybridized carbons (Fsp3) is 0.174. The highest BCUT2D eigenvalue weighted by Crippen LogP contribution is 2.26. The third kappa shape index (κ3) is 3.39. The summed E-state index contributed by atoms with van der Waals surface area (Å²) in [5.41, 5.74) is 3.77. The van der Waals surface area contributed by atoms with Crippen LogP contribution < -0.4 is 0 Å². The molecule has 4 rings (SSSR count). The van der Waals surface area contributed by atoms with Crippen LogP contribution in [0.5, 0.6) is 0 Å². The number of imidazole rings is 1. The van der Waals surface area contributed by atoms with Crippen molar-refractivity contribution in [3.8, 4) is 0 Å². The summed E-state index contributed by atoms with van der Waals surface area (Å²) in [5, 5.41) is 0. The number of hydrogen-bond donors (Lipinski definition) is 0. The van der Waals surface area contributed by atoms with Gasteiger partial charge in [-0.15, -0.1) is 0 Å². The van der Waals surface area contributed by atoms with Crippen LogP contribution >= 0.6 is 0 Å². The standard InChI is InChI=1S/C23H22N4O/c1-17(18-9-4-3-5-10-18)27-21-13-7-6-12-20(21)25-22(27)16-26(2)23(28)19-11-8-14-24-15-19/h3-15,17H,16H2,1-2H3. The molecule has 0 bridgehead atoms. The molecule has 5 heteroatoms. The van der Waals surface area contributed by atoms with Gasteiger partial charge in [-0.2, -0.15) is 0 Å². The average Bonchev–Trinajstić information content (AvgIpc) is 3.11. The Kier molecular flexibility index (Phi) is 4.89. The normalized spacial score (nSPS) is 12.1. The fourth-order valence-electron chi connectivity index (χ4n) is 3.51. The molecule has 1 amide bonds. The maximum atomic E-state index is 12.8. The van der Waals surface area contributed by atoms with E-state index >= 15 is 0 Å². The largest absolute Gasteiger partial charge is 0.334 e. The highest BCUT2D eigenvalue weighted by Gasteiger charge is 2.20. The van der Waals surface area contributed by atoms with Gasteiger partial charge in [-0.05, 0) is 36.8 Å². The molecule has 0 radical (unpaired) electrons. The first-order valence-corrected chi connectivity index (χ1v) is 9.31. The first-order chi connectivity index (χ1) is 13.6. The molecule has 2 heterocycles. The van der Waals surface area contributed by atoms with Crippen molar-refractivity contribution in [2.45, 2.75) is 19.5 Å². The quantitative estimate of drug-likeness (QED) is 0.526. The van der Waals surface area contributed by atoms with Crippen molar-refractivity contribution < 1.29 is 4.79 Å². The Morgan fingerprint density at radius 2 is 1.79 bits per heavy atom. The van der Waals surface area contributed by atoms with Gasteiger partial charge < -0.3 is 9.47 Å². The van der Waals surface area contributed by atoms with E-state index in [0.29, 0.717) is 12.1 Å². The Labute approximate surface area is 164 Å². The van der Waals surface area contributed by atoms with Crippen LogP contribution in [0, 0.1) is 0 Å². The van der Waals surface area contributed by atoms with Crippen molar-refractivity contribution in [3.63, 3.8) is 0 Å². The molecule has 2 aromatic heterocycles. The maximum absolute atomic E-state index is 12.8. The van der Waals surface area contributed by atoms with Crippen LogP contribution in [0.25, 0.3) is 11.0 Å². The molecule has 1 unspecified atom stereocenters. The van der Waals surface area contributed by atoms with Crippen molar-refractivity contribution in [2.75, 3.05) is 7.05 Å². The molecule has 2 aromatic carbocycles. The zero-order valence-electron chi connectivity index (χ0n) is 16.0. The van der Waals surface area contributed by atoms with Crippen LogP contribution in [0.1, 0.15) is 34.7 Å². The second-order valence-electron chi connectivity index (χ2n) is 6.88. The molecule has 0 aliphatic rings. The first-order valence-electron chi connectivity index (χ1n) is 9.31. The van der Waals surface area contributed by atoms with Crippen molar-refractivity contribution in [3.05, 3.63) is 96.1 Å². The minimum absolute atomic E-state index is 0.0703. The molecule has 0 saturated heterocycles. The fourth-order valence-corrected chi connectivity index (χ4v) is 3.51. The second-order valence-corrected chi connectivity index (χ2v) is 6.88. The number of amides is 1. The van der Waals surface area contributed by atoms with Crippen molar-refractivity contribution in [2.24, 2.45) is 0 Å².